The minimum Gasteiger partial charge on any atom is -0.336 e. The van der Waals surface area contributed by atoms with Crippen LogP contribution in [0.25, 0.3) is 0 Å². The predicted octanol–water partition coefficient (Wildman–Crippen LogP) is 2.14. The van der Waals surface area contributed by atoms with E-state index in [0.717, 1.165) is 25.3 Å². The Bertz CT molecular complexity index is 770. The number of hydrogen-bond donors (Lipinski definition) is 0. The summed E-state index contributed by atoms with van der Waals surface area (Å²) in [7, 11) is 1.71. The third-order valence-corrected chi connectivity index (χ3v) is 4.78. The Morgan fingerprint density at radius 3 is 2.42 bits per heavy atom. The van der Waals surface area contributed by atoms with Crippen LogP contribution < -0.4 is 4.90 Å². The highest BCUT2D eigenvalue weighted by atomic mass is 16.2. The fraction of sp³-hybridized carbons (Fsp3) is 0.350. The highest BCUT2D eigenvalue weighted by Gasteiger charge is 2.23. The number of amides is 2. The maximum Gasteiger partial charge on any atom is 0.276 e. The van der Waals surface area contributed by atoms with Crippen molar-refractivity contribution < 1.29 is 9.59 Å². The van der Waals surface area contributed by atoms with Gasteiger partial charge in [0.25, 0.3) is 11.8 Å². The van der Waals surface area contributed by atoms with Crippen molar-refractivity contribution in [3.63, 3.8) is 0 Å². The molecule has 1 aromatic heterocycles. The van der Waals surface area contributed by atoms with E-state index >= 15 is 0 Å². The van der Waals surface area contributed by atoms with Crippen LogP contribution in [0.1, 0.15) is 27.8 Å². The quantitative estimate of drug-likeness (QED) is 0.846. The van der Waals surface area contributed by atoms with Crippen molar-refractivity contribution in [2.45, 2.75) is 6.92 Å². The van der Waals surface area contributed by atoms with Crippen molar-refractivity contribution in [1.29, 1.82) is 0 Å². The maximum atomic E-state index is 12.8. The largest absolute Gasteiger partial charge is 0.336 e. The number of benzene rings is 1. The monoisotopic (exact) mass is 352 g/mol. The lowest BCUT2D eigenvalue weighted by atomic mass is 10.1. The summed E-state index contributed by atoms with van der Waals surface area (Å²) in [5, 5.41) is 0. The number of carbonyl (C=O) groups is 2. The molecule has 0 N–H and O–H groups in total. The molecule has 0 bridgehead atoms. The van der Waals surface area contributed by atoms with Crippen LogP contribution in [0.3, 0.4) is 0 Å². The molecule has 0 aliphatic carbocycles. The van der Waals surface area contributed by atoms with E-state index in [9.17, 15) is 9.59 Å². The van der Waals surface area contributed by atoms with E-state index in [2.05, 4.69) is 16.8 Å². The molecule has 26 heavy (non-hydrogen) atoms. The van der Waals surface area contributed by atoms with Gasteiger partial charge in [-0.1, -0.05) is 25.1 Å². The summed E-state index contributed by atoms with van der Waals surface area (Å²) in [5.41, 5.74) is 1.57. The number of hydrogen-bond acceptors (Lipinski definition) is 4. The van der Waals surface area contributed by atoms with Gasteiger partial charge < -0.3 is 14.7 Å². The predicted molar refractivity (Wildman–Crippen MR) is 101 cm³/mol. The first-order chi connectivity index (χ1) is 12.6. The van der Waals surface area contributed by atoms with Crippen LogP contribution in [0.5, 0.6) is 0 Å². The second kappa shape index (κ2) is 8.10. The summed E-state index contributed by atoms with van der Waals surface area (Å²) in [4.78, 5) is 35.3. The topological polar surface area (TPSA) is 56.8 Å². The van der Waals surface area contributed by atoms with Gasteiger partial charge in [-0.2, -0.15) is 0 Å². The number of likely N-dealkylation sites (N-methyl/N-ethyl adjacent to an activating group) is 1. The molecule has 2 aromatic rings. The van der Waals surface area contributed by atoms with Gasteiger partial charge in [0.05, 0.1) is 0 Å². The first-order valence-corrected chi connectivity index (χ1v) is 8.91. The van der Waals surface area contributed by atoms with Crippen LogP contribution >= 0.6 is 0 Å². The Labute approximate surface area is 154 Å². The van der Waals surface area contributed by atoms with Crippen LogP contribution in [0.4, 0.5) is 5.69 Å². The fourth-order valence-corrected chi connectivity index (χ4v) is 3.07. The molecule has 1 saturated heterocycles. The standard InChI is InChI=1S/C20H24N4O2/c1-3-23-11-13-24(14-12-23)19(25)16-9-10-21-18(15-16)20(26)22(2)17-7-5-4-6-8-17/h4-10,15H,3,11-14H2,1-2H3. The minimum atomic E-state index is -0.235. The van der Waals surface area contributed by atoms with Crippen LogP contribution in [0.2, 0.25) is 0 Å². The van der Waals surface area contributed by atoms with E-state index < -0.39 is 0 Å². The Morgan fingerprint density at radius 2 is 1.77 bits per heavy atom. The van der Waals surface area contributed by atoms with Crippen molar-refractivity contribution in [2.75, 3.05) is 44.7 Å². The van der Waals surface area contributed by atoms with Gasteiger partial charge in [-0.25, -0.2) is 0 Å². The molecule has 6 nitrogen and oxygen atoms in total. The molecule has 0 saturated carbocycles. The Morgan fingerprint density at radius 1 is 1.08 bits per heavy atom. The smallest absolute Gasteiger partial charge is 0.276 e. The lowest BCUT2D eigenvalue weighted by Gasteiger charge is -2.34. The van der Waals surface area contributed by atoms with Gasteiger partial charge >= 0.3 is 0 Å². The SMILES string of the molecule is CCN1CCN(C(=O)c2ccnc(C(=O)N(C)c3ccccc3)c2)CC1. The van der Waals surface area contributed by atoms with Gasteiger partial charge in [0.1, 0.15) is 5.69 Å². The van der Waals surface area contributed by atoms with Crippen LogP contribution in [0.15, 0.2) is 48.7 Å². The lowest BCUT2D eigenvalue weighted by molar-refractivity contribution is 0.0643. The van der Waals surface area contributed by atoms with E-state index in [1.165, 1.54) is 11.1 Å². The highest BCUT2D eigenvalue weighted by molar-refractivity contribution is 6.06. The van der Waals surface area contributed by atoms with Crippen molar-refractivity contribution in [2.24, 2.45) is 0 Å². The first-order valence-electron chi connectivity index (χ1n) is 8.91. The van der Waals surface area contributed by atoms with Crippen molar-refractivity contribution in [1.82, 2.24) is 14.8 Å². The molecule has 6 heteroatoms. The second-order valence-electron chi connectivity index (χ2n) is 6.36. The molecule has 0 unspecified atom stereocenters. The van der Waals surface area contributed by atoms with Crippen LogP contribution in [-0.2, 0) is 0 Å². The lowest BCUT2D eigenvalue weighted by Crippen LogP contribution is -2.48. The van der Waals surface area contributed by atoms with Gasteiger partial charge in [0.2, 0.25) is 0 Å². The Kier molecular flexibility index (Phi) is 5.63. The number of anilines is 1. The number of carbonyl (C=O) groups excluding carboxylic acids is 2. The first kappa shape index (κ1) is 18.1. The summed E-state index contributed by atoms with van der Waals surface area (Å²) in [6.07, 6.45) is 1.53. The maximum absolute atomic E-state index is 12.8. The van der Waals surface area contributed by atoms with Gasteiger partial charge in [-0.05, 0) is 30.8 Å². The third-order valence-electron chi connectivity index (χ3n) is 4.78. The summed E-state index contributed by atoms with van der Waals surface area (Å²) in [6, 6.07) is 12.6. The van der Waals surface area contributed by atoms with Gasteiger partial charge in [-0.15, -0.1) is 0 Å². The average molecular weight is 352 g/mol. The van der Waals surface area contributed by atoms with Gasteiger partial charge in [0, 0.05) is 50.7 Å². The Hall–Kier alpha value is -2.73. The minimum absolute atomic E-state index is 0.0421. The molecule has 1 aromatic carbocycles. The Balaban J connectivity index is 1.74. The van der Waals surface area contributed by atoms with Gasteiger partial charge in [-0.3, -0.25) is 14.6 Å². The van der Waals surface area contributed by atoms with E-state index in [-0.39, 0.29) is 17.5 Å². The van der Waals surface area contributed by atoms with Crippen molar-refractivity contribution in [3.05, 3.63) is 59.9 Å². The molecular weight excluding hydrogens is 328 g/mol. The number of pyridine rings is 1. The molecule has 2 heterocycles. The number of aromatic nitrogens is 1. The summed E-state index contributed by atoms with van der Waals surface area (Å²) in [6.45, 7) is 6.32. The molecule has 1 fully saturated rings. The zero-order valence-corrected chi connectivity index (χ0v) is 15.3. The van der Waals surface area contributed by atoms with E-state index in [1.54, 1.807) is 19.2 Å². The van der Waals surface area contributed by atoms with E-state index in [0.29, 0.717) is 18.7 Å². The van der Waals surface area contributed by atoms with Crippen LogP contribution in [0, 0.1) is 0 Å². The summed E-state index contributed by atoms with van der Waals surface area (Å²) >= 11 is 0. The van der Waals surface area contributed by atoms with Crippen molar-refractivity contribution in [3.8, 4) is 0 Å². The molecule has 2 amide bonds. The molecule has 0 spiro atoms. The molecule has 3 rings (SSSR count). The average Bonchev–Trinajstić information content (AvgIpc) is 2.73. The normalized spacial score (nSPS) is 14.9. The molecule has 1 aliphatic heterocycles. The van der Waals surface area contributed by atoms with E-state index in [1.807, 2.05) is 35.2 Å². The zero-order chi connectivity index (χ0) is 18.5. The van der Waals surface area contributed by atoms with Crippen molar-refractivity contribution >= 4 is 17.5 Å². The third kappa shape index (κ3) is 3.91. The second-order valence-corrected chi connectivity index (χ2v) is 6.36. The zero-order valence-electron chi connectivity index (χ0n) is 15.3. The summed E-state index contributed by atoms with van der Waals surface area (Å²) in [5.74, 6) is -0.277. The highest BCUT2D eigenvalue weighted by Crippen LogP contribution is 2.15. The fourth-order valence-electron chi connectivity index (χ4n) is 3.07. The van der Waals surface area contributed by atoms with Gasteiger partial charge in [0.15, 0.2) is 0 Å². The summed E-state index contributed by atoms with van der Waals surface area (Å²) < 4.78 is 0. The van der Waals surface area contributed by atoms with E-state index in [4.69, 9.17) is 0 Å². The molecule has 0 atom stereocenters. The molecular formula is C20H24N4O2. The number of piperazine rings is 1. The number of rotatable bonds is 4. The number of para-hydroxylation sites is 1. The molecule has 0 radical (unpaired) electrons. The molecule has 136 valence electrons. The van der Waals surface area contributed by atoms with Crippen LogP contribution in [-0.4, -0.2) is 66.4 Å². The number of nitrogens with zero attached hydrogens (tertiary/aromatic N) is 4. The molecule has 1 aliphatic rings.